The van der Waals surface area contributed by atoms with Gasteiger partial charge in [-0.1, -0.05) is 32.9 Å². The highest BCUT2D eigenvalue weighted by Gasteiger charge is 2.34. The molecule has 0 aliphatic heterocycles. The van der Waals surface area contributed by atoms with Gasteiger partial charge in [0.1, 0.15) is 12.3 Å². The van der Waals surface area contributed by atoms with Crippen molar-refractivity contribution in [1.82, 2.24) is 10.1 Å². The lowest BCUT2D eigenvalue weighted by Crippen LogP contribution is -2.40. The van der Waals surface area contributed by atoms with Crippen molar-refractivity contribution >= 4 is 17.6 Å². The van der Waals surface area contributed by atoms with Crippen LogP contribution in [0.3, 0.4) is 0 Å². The van der Waals surface area contributed by atoms with E-state index in [1.807, 2.05) is 0 Å². The van der Waals surface area contributed by atoms with Gasteiger partial charge in [0.05, 0.1) is 0 Å². The van der Waals surface area contributed by atoms with Crippen molar-refractivity contribution in [1.29, 1.82) is 0 Å². The standard InChI is InChI=1S/C18H29N3O3/c1-12(10-18(3,4)5)8-17(23)21(14-6-7-14)11-16(22)19-15-9-13(2)24-20-15/h9,12,14H,6-8,10-11H2,1-5H3,(H,19,20,22). The third kappa shape index (κ3) is 5.98. The highest BCUT2D eigenvalue weighted by molar-refractivity contribution is 5.94. The normalized spacial score (nSPS) is 15.9. The lowest BCUT2D eigenvalue weighted by molar-refractivity contribution is -0.136. The quantitative estimate of drug-likeness (QED) is 0.829. The fraction of sp³-hybridized carbons (Fsp3) is 0.722. The Balaban J connectivity index is 1.89. The van der Waals surface area contributed by atoms with Crippen molar-refractivity contribution < 1.29 is 14.1 Å². The molecule has 0 saturated heterocycles. The molecule has 2 amide bonds. The molecule has 1 heterocycles. The zero-order valence-corrected chi connectivity index (χ0v) is 15.4. The van der Waals surface area contributed by atoms with E-state index in [1.165, 1.54) is 0 Å². The summed E-state index contributed by atoms with van der Waals surface area (Å²) in [5.74, 6) is 1.17. The number of rotatable bonds is 7. The van der Waals surface area contributed by atoms with E-state index in [9.17, 15) is 9.59 Å². The fourth-order valence-corrected chi connectivity index (χ4v) is 3.10. The smallest absolute Gasteiger partial charge is 0.245 e. The molecule has 1 aromatic heterocycles. The fourth-order valence-electron chi connectivity index (χ4n) is 3.10. The number of aromatic nitrogens is 1. The van der Waals surface area contributed by atoms with Gasteiger partial charge in [-0.2, -0.15) is 0 Å². The highest BCUT2D eigenvalue weighted by atomic mass is 16.5. The second-order valence-corrected chi connectivity index (χ2v) is 8.20. The first-order chi connectivity index (χ1) is 11.1. The lowest BCUT2D eigenvalue weighted by atomic mass is 9.84. The third-order valence-electron chi connectivity index (χ3n) is 4.00. The topological polar surface area (TPSA) is 75.4 Å². The summed E-state index contributed by atoms with van der Waals surface area (Å²) >= 11 is 0. The summed E-state index contributed by atoms with van der Waals surface area (Å²) in [4.78, 5) is 26.5. The Morgan fingerprint density at radius 2 is 2.08 bits per heavy atom. The number of hydrogen-bond acceptors (Lipinski definition) is 4. The summed E-state index contributed by atoms with van der Waals surface area (Å²) < 4.78 is 4.93. The molecule has 1 unspecified atom stereocenters. The number of nitrogens with one attached hydrogen (secondary N) is 1. The van der Waals surface area contributed by atoms with Crippen molar-refractivity contribution in [2.24, 2.45) is 11.3 Å². The molecule has 6 heteroatoms. The van der Waals surface area contributed by atoms with Gasteiger partial charge in [0.25, 0.3) is 0 Å². The van der Waals surface area contributed by atoms with Crippen molar-refractivity contribution in [3.05, 3.63) is 11.8 Å². The van der Waals surface area contributed by atoms with E-state index >= 15 is 0 Å². The number of aryl methyl sites for hydroxylation is 1. The van der Waals surface area contributed by atoms with E-state index in [1.54, 1.807) is 17.9 Å². The molecular weight excluding hydrogens is 306 g/mol. The van der Waals surface area contributed by atoms with Gasteiger partial charge in [0.2, 0.25) is 11.8 Å². The van der Waals surface area contributed by atoms with Crippen LogP contribution in [0.5, 0.6) is 0 Å². The highest BCUT2D eigenvalue weighted by Crippen LogP contribution is 2.30. The van der Waals surface area contributed by atoms with E-state index in [0.29, 0.717) is 23.9 Å². The molecule has 1 atom stereocenters. The molecule has 134 valence electrons. The minimum absolute atomic E-state index is 0.0701. The molecule has 1 saturated carbocycles. The molecule has 1 aromatic rings. The second kappa shape index (κ2) is 7.36. The molecule has 1 fully saturated rings. The number of carbonyl (C=O) groups excluding carboxylic acids is 2. The van der Waals surface area contributed by atoms with Gasteiger partial charge in [-0.15, -0.1) is 0 Å². The van der Waals surface area contributed by atoms with Gasteiger partial charge in [-0.25, -0.2) is 0 Å². The Morgan fingerprint density at radius 3 is 2.58 bits per heavy atom. The number of nitrogens with zero attached hydrogens (tertiary/aromatic N) is 2. The Morgan fingerprint density at radius 1 is 1.42 bits per heavy atom. The molecule has 0 bridgehead atoms. The van der Waals surface area contributed by atoms with Gasteiger partial charge < -0.3 is 14.7 Å². The SMILES string of the molecule is Cc1cc(NC(=O)CN(C(=O)CC(C)CC(C)(C)C)C2CC2)no1. The molecule has 2 rings (SSSR count). The Bertz CT molecular complexity index is 585. The third-order valence-corrected chi connectivity index (χ3v) is 4.00. The van der Waals surface area contributed by atoms with E-state index in [2.05, 4.69) is 38.2 Å². The number of amides is 2. The molecule has 0 spiro atoms. The van der Waals surface area contributed by atoms with Crippen LogP contribution in [-0.2, 0) is 9.59 Å². The molecule has 0 radical (unpaired) electrons. The summed E-state index contributed by atoms with van der Waals surface area (Å²) in [5.41, 5.74) is 0.201. The van der Waals surface area contributed by atoms with E-state index in [-0.39, 0.29) is 29.8 Å². The molecule has 6 nitrogen and oxygen atoms in total. The van der Waals surface area contributed by atoms with Crippen molar-refractivity contribution in [3.8, 4) is 0 Å². The molecule has 1 aliphatic carbocycles. The lowest BCUT2D eigenvalue weighted by Gasteiger charge is -2.26. The molecular formula is C18H29N3O3. The first kappa shape index (κ1) is 18.5. The minimum Gasteiger partial charge on any atom is -0.360 e. The summed E-state index contributed by atoms with van der Waals surface area (Å²) in [6.45, 7) is 10.5. The summed E-state index contributed by atoms with van der Waals surface area (Å²) in [5, 5.41) is 6.43. The molecule has 1 aliphatic rings. The maximum absolute atomic E-state index is 12.6. The van der Waals surface area contributed by atoms with Gasteiger partial charge >= 0.3 is 0 Å². The van der Waals surface area contributed by atoms with Gasteiger partial charge in [0.15, 0.2) is 5.82 Å². The van der Waals surface area contributed by atoms with Crippen molar-refractivity contribution in [3.63, 3.8) is 0 Å². The van der Waals surface area contributed by atoms with Gasteiger partial charge in [-0.05, 0) is 37.5 Å². The number of hydrogen-bond donors (Lipinski definition) is 1. The second-order valence-electron chi connectivity index (χ2n) is 8.20. The Labute approximate surface area is 143 Å². The maximum Gasteiger partial charge on any atom is 0.245 e. The molecule has 24 heavy (non-hydrogen) atoms. The average molecular weight is 335 g/mol. The zero-order chi connectivity index (χ0) is 17.9. The predicted molar refractivity (Wildman–Crippen MR) is 92.5 cm³/mol. The summed E-state index contributed by atoms with van der Waals surface area (Å²) in [6, 6.07) is 1.87. The van der Waals surface area contributed by atoms with Crippen molar-refractivity contribution in [2.45, 2.75) is 66.3 Å². The molecule has 0 aromatic carbocycles. The number of carbonyl (C=O) groups is 2. The van der Waals surface area contributed by atoms with Crippen LogP contribution in [0.4, 0.5) is 5.82 Å². The van der Waals surface area contributed by atoms with Gasteiger partial charge in [-0.3, -0.25) is 9.59 Å². The molecule has 1 N–H and O–H groups in total. The van der Waals surface area contributed by atoms with Crippen LogP contribution in [-0.4, -0.2) is 34.5 Å². The zero-order valence-electron chi connectivity index (χ0n) is 15.4. The summed E-state index contributed by atoms with van der Waals surface area (Å²) in [6.07, 6.45) is 3.44. The van der Waals surface area contributed by atoms with Crippen LogP contribution >= 0.6 is 0 Å². The van der Waals surface area contributed by atoms with Crippen LogP contribution in [0.25, 0.3) is 0 Å². The van der Waals surface area contributed by atoms with Crippen LogP contribution < -0.4 is 5.32 Å². The summed E-state index contributed by atoms with van der Waals surface area (Å²) in [7, 11) is 0. The Kier molecular flexibility index (Phi) is 5.67. The van der Waals surface area contributed by atoms with Crippen LogP contribution in [0, 0.1) is 18.3 Å². The first-order valence-corrected chi connectivity index (χ1v) is 8.66. The minimum atomic E-state index is -0.230. The monoisotopic (exact) mass is 335 g/mol. The maximum atomic E-state index is 12.6. The van der Waals surface area contributed by atoms with E-state index in [4.69, 9.17) is 4.52 Å². The van der Waals surface area contributed by atoms with Crippen molar-refractivity contribution in [2.75, 3.05) is 11.9 Å². The first-order valence-electron chi connectivity index (χ1n) is 8.66. The number of anilines is 1. The van der Waals surface area contributed by atoms with Crippen LogP contribution in [0.2, 0.25) is 0 Å². The van der Waals surface area contributed by atoms with Gasteiger partial charge in [0, 0.05) is 18.5 Å². The largest absolute Gasteiger partial charge is 0.360 e. The predicted octanol–water partition coefficient (Wildman–Crippen LogP) is 3.37. The van der Waals surface area contributed by atoms with E-state index < -0.39 is 0 Å². The van der Waals surface area contributed by atoms with E-state index in [0.717, 1.165) is 19.3 Å². The Hall–Kier alpha value is -1.85. The van der Waals surface area contributed by atoms with Crippen LogP contribution in [0.15, 0.2) is 10.6 Å². The average Bonchev–Trinajstić information content (AvgIpc) is 3.17. The van der Waals surface area contributed by atoms with Crippen LogP contribution in [0.1, 0.15) is 59.1 Å².